The molecule has 1 fully saturated rings. The van der Waals surface area contributed by atoms with Gasteiger partial charge in [0.15, 0.2) is 6.54 Å². The van der Waals surface area contributed by atoms with E-state index in [1.54, 1.807) is 18.1 Å². The van der Waals surface area contributed by atoms with Gasteiger partial charge < -0.3 is 24.5 Å². The van der Waals surface area contributed by atoms with Crippen LogP contribution in [0.15, 0.2) is 48.5 Å². The Labute approximate surface area is 160 Å². The van der Waals surface area contributed by atoms with E-state index in [4.69, 9.17) is 4.74 Å². The predicted molar refractivity (Wildman–Crippen MR) is 105 cm³/mol. The maximum Gasteiger partial charge on any atom is 0.277 e. The summed E-state index contributed by atoms with van der Waals surface area (Å²) in [5.41, 5.74) is 1.88. The van der Waals surface area contributed by atoms with Crippen LogP contribution in [-0.4, -0.2) is 62.8 Å². The Balaban J connectivity index is 1.51. The molecule has 6 heteroatoms. The SMILES string of the molecule is COc1ccccc1CN(C)C(=O)C[NH+]1CCN(c2ccccc2O)CC1. The average molecular weight is 370 g/mol. The number of aromatic hydroxyl groups is 1. The van der Waals surface area contributed by atoms with Crippen molar-refractivity contribution in [1.82, 2.24) is 4.90 Å². The number of likely N-dealkylation sites (N-methyl/N-ethyl adjacent to an activating group) is 1. The van der Waals surface area contributed by atoms with Gasteiger partial charge in [0, 0.05) is 19.2 Å². The van der Waals surface area contributed by atoms with Crippen LogP contribution in [0.25, 0.3) is 0 Å². The van der Waals surface area contributed by atoms with Crippen LogP contribution in [0.5, 0.6) is 11.5 Å². The summed E-state index contributed by atoms with van der Waals surface area (Å²) in [6, 6.07) is 15.2. The maximum atomic E-state index is 12.6. The van der Waals surface area contributed by atoms with Crippen LogP contribution in [0.1, 0.15) is 5.56 Å². The molecule has 0 unspecified atom stereocenters. The van der Waals surface area contributed by atoms with Crippen molar-refractivity contribution in [3.8, 4) is 11.5 Å². The number of ether oxygens (including phenoxy) is 1. The van der Waals surface area contributed by atoms with Crippen LogP contribution in [0.3, 0.4) is 0 Å². The summed E-state index contributed by atoms with van der Waals surface area (Å²) in [6.07, 6.45) is 0. The Kier molecular flexibility index (Phi) is 6.19. The summed E-state index contributed by atoms with van der Waals surface area (Å²) < 4.78 is 5.37. The molecule has 0 bridgehead atoms. The van der Waals surface area contributed by atoms with E-state index in [1.165, 1.54) is 4.90 Å². The van der Waals surface area contributed by atoms with Gasteiger partial charge in [0.25, 0.3) is 5.91 Å². The van der Waals surface area contributed by atoms with Gasteiger partial charge in [-0.05, 0) is 18.2 Å². The third kappa shape index (κ3) is 4.71. The van der Waals surface area contributed by atoms with Gasteiger partial charge in [-0.2, -0.15) is 0 Å². The number of carbonyl (C=O) groups is 1. The topological polar surface area (TPSA) is 57.5 Å². The standard InChI is InChI=1S/C21H27N3O3/c1-22(15-17-7-3-6-10-20(17)27-2)21(26)16-23-11-13-24(14-12-23)18-8-4-5-9-19(18)25/h3-10,25H,11-16H2,1-2H3/p+1. The van der Waals surface area contributed by atoms with Gasteiger partial charge in [-0.1, -0.05) is 30.3 Å². The molecule has 1 amide bonds. The van der Waals surface area contributed by atoms with Crippen molar-refractivity contribution in [2.24, 2.45) is 0 Å². The van der Waals surface area contributed by atoms with E-state index in [-0.39, 0.29) is 5.91 Å². The average Bonchev–Trinajstić information content (AvgIpc) is 2.69. The number of hydrogen-bond acceptors (Lipinski definition) is 4. The number of quaternary nitrogens is 1. The summed E-state index contributed by atoms with van der Waals surface area (Å²) >= 11 is 0. The second kappa shape index (κ2) is 8.77. The monoisotopic (exact) mass is 370 g/mol. The van der Waals surface area contributed by atoms with Crippen molar-refractivity contribution in [2.75, 3.05) is 51.8 Å². The highest BCUT2D eigenvalue weighted by Crippen LogP contribution is 2.26. The van der Waals surface area contributed by atoms with Gasteiger partial charge in [-0.3, -0.25) is 4.79 Å². The number of rotatable bonds is 6. The van der Waals surface area contributed by atoms with Gasteiger partial charge in [-0.15, -0.1) is 0 Å². The van der Waals surface area contributed by atoms with Crippen molar-refractivity contribution in [2.45, 2.75) is 6.54 Å². The zero-order valence-electron chi connectivity index (χ0n) is 16.0. The first-order valence-corrected chi connectivity index (χ1v) is 9.31. The van der Waals surface area contributed by atoms with E-state index in [1.807, 2.05) is 49.5 Å². The number of nitrogens with zero attached hydrogens (tertiary/aromatic N) is 2. The second-order valence-electron chi connectivity index (χ2n) is 6.96. The number of carbonyl (C=O) groups excluding carboxylic acids is 1. The zero-order chi connectivity index (χ0) is 19.2. The third-order valence-electron chi connectivity index (χ3n) is 5.12. The van der Waals surface area contributed by atoms with Crippen LogP contribution in [-0.2, 0) is 11.3 Å². The van der Waals surface area contributed by atoms with Gasteiger partial charge in [0.05, 0.1) is 39.0 Å². The van der Waals surface area contributed by atoms with Crippen LogP contribution in [0.4, 0.5) is 5.69 Å². The van der Waals surface area contributed by atoms with E-state index in [0.29, 0.717) is 18.8 Å². The molecule has 1 aliphatic heterocycles. The smallest absolute Gasteiger partial charge is 0.277 e. The van der Waals surface area contributed by atoms with Crippen molar-refractivity contribution < 1.29 is 19.5 Å². The molecule has 27 heavy (non-hydrogen) atoms. The zero-order valence-corrected chi connectivity index (χ0v) is 16.0. The Morgan fingerprint density at radius 1 is 1.15 bits per heavy atom. The Morgan fingerprint density at radius 3 is 2.52 bits per heavy atom. The molecule has 2 aromatic carbocycles. The molecule has 1 heterocycles. The van der Waals surface area contributed by atoms with Crippen molar-refractivity contribution in [1.29, 1.82) is 0 Å². The van der Waals surface area contributed by atoms with Gasteiger partial charge in [0.1, 0.15) is 11.5 Å². The fourth-order valence-corrected chi connectivity index (χ4v) is 3.50. The Bertz CT molecular complexity index is 773. The highest BCUT2D eigenvalue weighted by Gasteiger charge is 2.25. The molecule has 0 atom stereocenters. The number of phenols is 1. The normalized spacial score (nSPS) is 14.8. The summed E-state index contributed by atoms with van der Waals surface area (Å²) in [6.45, 7) is 4.44. The summed E-state index contributed by atoms with van der Waals surface area (Å²) in [7, 11) is 3.49. The van der Waals surface area contributed by atoms with E-state index in [0.717, 1.165) is 43.2 Å². The molecular weight excluding hydrogens is 342 g/mol. The summed E-state index contributed by atoms with van der Waals surface area (Å²) in [5.74, 6) is 1.25. The number of anilines is 1. The number of piperazine rings is 1. The van der Waals surface area contributed by atoms with Gasteiger partial charge >= 0.3 is 0 Å². The maximum absolute atomic E-state index is 12.6. The summed E-state index contributed by atoms with van der Waals surface area (Å²) in [5, 5.41) is 10.0. The molecule has 0 radical (unpaired) electrons. The van der Waals surface area contributed by atoms with Crippen LogP contribution in [0.2, 0.25) is 0 Å². The van der Waals surface area contributed by atoms with Crippen LogP contribution < -0.4 is 14.5 Å². The fraction of sp³-hybridized carbons (Fsp3) is 0.381. The first kappa shape index (κ1) is 19.0. The van der Waals surface area contributed by atoms with Gasteiger partial charge in [-0.25, -0.2) is 0 Å². The minimum absolute atomic E-state index is 0.131. The fourth-order valence-electron chi connectivity index (χ4n) is 3.50. The molecule has 0 aromatic heterocycles. The lowest BCUT2D eigenvalue weighted by molar-refractivity contribution is -0.892. The van der Waals surface area contributed by atoms with E-state index in [9.17, 15) is 9.90 Å². The van der Waals surface area contributed by atoms with Crippen molar-refractivity contribution in [3.63, 3.8) is 0 Å². The van der Waals surface area contributed by atoms with E-state index in [2.05, 4.69) is 4.90 Å². The molecule has 0 spiro atoms. The second-order valence-corrected chi connectivity index (χ2v) is 6.96. The van der Waals surface area contributed by atoms with E-state index >= 15 is 0 Å². The molecule has 2 N–H and O–H groups in total. The Hall–Kier alpha value is -2.73. The Morgan fingerprint density at radius 2 is 1.81 bits per heavy atom. The number of phenolic OH excluding ortho intramolecular Hbond substituents is 1. The number of methoxy groups -OCH3 is 1. The van der Waals surface area contributed by atoms with Gasteiger partial charge in [0.2, 0.25) is 0 Å². The molecule has 0 aliphatic carbocycles. The minimum Gasteiger partial charge on any atom is -0.506 e. The van der Waals surface area contributed by atoms with E-state index < -0.39 is 0 Å². The largest absolute Gasteiger partial charge is 0.506 e. The molecular formula is C21H28N3O3+. The molecule has 1 aliphatic rings. The molecule has 2 aromatic rings. The molecule has 1 saturated heterocycles. The molecule has 6 nitrogen and oxygen atoms in total. The highest BCUT2D eigenvalue weighted by atomic mass is 16.5. The number of para-hydroxylation sites is 3. The highest BCUT2D eigenvalue weighted by molar-refractivity contribution is 5.76. The number of amides is 1. The number of hydrogen-bond donors (Lipinski definition) is 2. The molecule has 3 rings (SSSR count). The lowest BCUT2D eigenvalue weighted by Crippen LogP contribution is -3.15. The molecule has 144 valence electrons. The first-order valence-electron chi connectivity index (χ1n) is 9.31. The molecule has 0 saturated carbocycles. The minimum atomic E-state index is 0.131. The third-order valence-corrected chi connectivity index (χ3v) is 5.12. The first-order chi connectivity index (χ1) is 13.1. The number of nitrogens with one attached hydrogen (secondary N) is 1. The predicted octanol–water partition coefficient (Wildman–Crippen LogP) is 0.764. The van der Waals surface area contributed by atoms with Crippen LogP contribution in [0, 0.1) is 0 Å². The quantitative estimate of drug-likeness (QED) is 0.789. The number of benzene rings is 2. The van der Waals surface area contributed by atoms with Crippen LogP contribution >= 0.6 is 0 Å². The summed E-state index contributed by atoms with van der Waals surface area (Å²) in [4.78, 5) is 17.9. The van der Waals surface area contributed by atoms with Crippen molar-refractivity contribution >= 4 is 11.6 Å². The van der Waals surface area contributed by atoms with Crippen molar-refractivity contribution in [3.05, 3.63) is 54.1 Å². The lowest BCUT2D eigenvalue weighted by Gasteiger charge is -2.34. The lowest BCUT2D eigenvalue weighted by atomic mass is 10.2.